The average molecular weight is 264 g/mol. The highest BCUT2D eigenvalue weighted by molar-refractivity contribution is 5.76. The van der Waals surface area contributed by atoms with Crippen LogP contribution < -0.4 is 15.8 Å². The maximum absolute atomic E-state index is 13.4. The van der Waals surface area contributed by atoms with Crippen molar-refractivity contribution in [3.63, 3.8) is 0 Å². The van der Waals surface area contributed by atoms with Crippen molar-refractivity contribution >= 4 is 17.1 Å². The molecule has 0 unspecified atom stereocenters. The zero-order valence-electron chi connectivity index (χ0n) is 10.6. The van der Waals surface area contributed by atoms with Gasteiger partial charge in [-0.1, -0.05) is 6.07 Å². The van der Waals surface area contributed by atoms with Gasteiger partial charge in [0.2, 0.25) is 0 Å². The second kappa shape index (κ2) is 5.14. The fraction of sp³-hybridized carbons (Fsp3) is 0.143. The summed E-state index contributed by atoms with van der Waals surface area (Å²) in [5.41, 5.74) is 7.20. The number of methoxy groups -OCH3 is 1. The van der Waals surface area contributed by atoms with Gasteiger partial charge in [-0.3, -0.25) is 0 Å². The SMILES string of the molecule is COc1ccc(C)cc1Nc1cc(F)cc(F)c1N. The standard InChI is InChI=1S/C14H14F2N2O/c1-8-3-4-13(19-2)11(5-8)18-12-7-9(15)6-10(16)14(12)17/h3-7,18H,17H2,1-2H3. The Labute approximate surface area is 110 Å². The summed E-state index contributed by atoms with van der Waals surface area (Å²) in [4.78, 5) is 0. The molecule has 2 rings (SSSR count). The first-order valence-electron chi connectivity index (χ1n) is 5.67. The number of nitrogen functional groups attached to an aromatic ring is 1. The lowest BCUT2D eigenvalue weighted by Crippen LogP contribution is -2.01. The van der Waals surface area contributed by atoms with E-state index in [0.717, 1.165) is 17.7 Å². The van der Waals surface area contributed by atoms with Crippen molar-refractivity contribution in [1.82, 2.24) is 0 Å². The second-order valence-electron chi connectivity index (χ2n) is 4.18. The van der Waals surface area contributed by atoms with Crippen molar-refractivity contribution in [2.75, 3.05) is 18.2 Å². The molecule has 2 aromatic carbocycles. The van der Waals surface area contributed by atoms with Gasteiger partial charge in [0, 0.05) is 6.07 Å². The lowest BCUT2D eigenvalue weighted by Gasteiger charge is -2.14. The number of nitrogens with one attached hydrogen (secondary N) is 1. The normalized spacial score (nSPS) is 10.3. The van der Waals surface area contributed by atoms with Gasteiger partial charge in [-0.05, 0) is 30.7 Å². The minimum atomic E-state index is -0.797. The number of nitrogens with two attached hydrogens (primary N) is 1. The van der Waals surface area contributed by atoms with Gasteiger partial charge in [0.05, 0.1) is 24.2 Å². The molecule has 3 nitrogen and oxygen atoms in total. The second-order valence-corrected chi connectivity index (χ2v) is 4.18. The quantitative estimate of drug-likeness (QED) is 0.832. The number of halogens is 2. The van der Waals surface area contributed by atoms with Crippen LogP contribution in [0.15, 0.2) is 30.3 Å². The number of anilines is 3. The maximum atomic E-state index is 13.4. The Bertz CT molecular complexity index is 615. The summed E-state index contributed by atoms with van der Waals surface area (Å²) in [7, 11) is 1.52. The summed E-state index contributed by atoms with van der Waals surface area (Å²) in [5, 5.41) is 2.88. The molecule has 0 aliphatic rings. The molecule has 0 saturated heterocycles. The first-order chi connectivity index (χ1) is 9.01. The van der Waals surface area contributed by atoms with Gasteiger partial charge in [-0.15, -0.1) is 0 Å². The van der Waals surface area contributed by atoms with Gasteiger partial charge in [-0.2, -0.15) is 0 Å². The summed E-state index contributed by atoms with van der Waals surface area (Å²) in [6.07, 6.45) is 0. The Morgan fingerprint density at radius 1 is 1.11 bits per heavy atom. The number of benzene rings is 2. The number of hydrogen-bond acceptors (Lipinski definition) is 3. The van der Waals surface area contributed by atoms with E-state index in [9.17, 15) is 8.78 Å². The molecule has 0 aliphatic heterocycles. The molecule has 3 N–H and O–H groups in total. The van der Waals surface area contributed by atoms with Crippen LogP contribution in [0.3, 0.4) is 0 Å². The van der Waals surface area contributed by atoms with Crippen LogP contribution >= 0.6 is 0 Å². The molecule has 0 aromatic heterocycles. The van der Waals surface area contributed by atoms with E-state index in [0.29, 0.717) is 11.4 Å². The van der Waals surface area contributed by atoms with E-state index in [4.69, 9.17) is 10.5 Å². The van der Waals surface area contributed by atoms with Crippen molar-refractivity contribution in [3.05, 3.63) is 47.5 Å². The molecule has 0 saturated carbocycles. The molecule has 0 spiro atoms. The third-order valence-corrected chi connectivity index (χ3v) is 2.72. The Hall–Kier alpha value is -2.30. The van der Waals surface area contributed by atoms with Crippen molar-refractivity contribution in [2.24, 2.45) is 0 Å². The van der Waals surface area contributed by atoms with Crippen molar-refractivity contribution in [1.29, 1.82) is 0 Å². The molecule has 100 valence electrons. The average Bonchev–Trinajstić information content (AvgIpc) is 2.35. The van der Waals surface area contributed by atoms with Crippen LogP contribution in [0.4, 0.5) is 25.8 Å². The van der Waals surface area contributed by atoms with Crippen LogP contribution in [0.1, 0.15) is 5.56 Å². The number of hydrogen-bond donors (Lipinski definition) is 2. The van der Waals surface area contributed by atoms with E-state index in [1.165, 1.54) is 7.11 Å². The molecule has 2 aromatic rings. The molecule has 0 radical (unpaired) electrons. The lowest BCUT2D eigenvalue weighted by molar-refractivity contribution is 0.416. The van der Waals surface area contributed by atoms with E-state index in [1.54, 1.807) is 12.1 Å². The highest BCUT2D eigenvalue weighted by Crippen LogP contribution is 2.32. The van der Waals surface area contributed by atoms with Gasteiger partial charge >= 0.3 is 0 Å². The first kappa shape index (κ1) is 13.1. The van der Waals surface area contributed by atoms with Crippen LogP contribution in [0, 0.1) is 18.6 Å². The van der Waals surface area contributed by atoms with E-state index < -0.39 is 11.6 Å². The molecule has 0 atom stereocenters. The summed E-state index contributed by atoms with van der Waals surface area (Å²) in [6.45, 7) is 1.90. The highest BCUT2D eigenvalue weighted by Gasteiger charge is 2.10. The molecule has 5 heteroatoms. The molecular formula is C14H14F2N2O. The molecule has 19 heavy (non-hydrogen) atoms. The largest absolute Gasteiger partial charge is 0.495 e. The number of ether oxygens (including phenoxy) is 1. The fourth-order valence-corrected chi connectivity index (χ4v) is 1.75. The molecule has 0 fully saturated rings. The Morgan fingerprint density at radius 3 is 2.53 bits per heavy atom. The van der Waals surface area contributed by atoms with Gasteiger partial charge in [0.25, 0.3) is 0 Å². The van der Waals surface area contributed by atoms with Crippen molar-refractivity contribution in [3.8, 4) is 5.75 Å². The van der Waals surface area contributed by atoms with Crippen LogP contribution in [-0.4, -0.2) is 7.11 Å². The smallest absolute Gasteiger partial charge is 0.151 e. The van der Waals surface area contributed by atoms with Crippen LogP contribution in [0.2, 0.25) is 0 Å². The minimum Gasteiger partial charge on any atom is -0.495 e. The van der Waals surface area contributed by atoms with Crippen LogP contribution in [-0.2, 0) is 0 Å². The van der Waals surface area contributed by atoms with E-state index in [1.807, 2.05) is 13.0 Å². The van der Waals surface area contributed by atoms with E-state index in [2.05, 4.69) is 5.32 Å². The molecule has 0 amide bonds. The highest BCUT2D eigenvalue weighted by atomic mass is 19.1. The number of rotatable bonds is 3. The zero-order chi connectivity index (χ0) is 14.0. The third kappa shape index (κ3) is 2.76. The topological polar surface area (TPSA) is 47.3 Å². The maximum Gasteiger partial charge on any atom is 0.151 e. The summed E-state index contributed by atoms with van der Waals surface area (Å²) in [6, 6.07) is 7.33. The molecule has 0 heterocycles. The molecule has 0 bridgehead atoms. The monoisotopic (exact) mass is 264 g/mol. The van der Waals surface area contributed by atoms with Crippen LogP contribution in [0.25, 0.3) is 0 Å². The van der Waals surface area contributed by atoms with Crippen molar-refractivity contribution in [2.45, 2.75) is 6.92 Å². The van der Waals surface area contributed by atoms with Gasteiger partial charge < -0.3 is 15.8 Å². The zero-order valence-corrected chi connectivity index (χ0v) is 10.6. The predicted molar refractivity (Wildman–Crippen MR) is 71.8 cm³/mol. The van der Waals surface area contributed by atoms with Gasteiger partial charge in [-0.25, -0.2) is 8.78 Å². The molecular weight excluding hydrogens is 250 g/mol. The van der Waals surface area contributed by atoms with Gasteiger partial charge in [0.15, 0.2) is 5.82 Å². The Balaban J connectivity index is 2.44. The van der Waals surface area contributed by atoms with Gasteiger partial charge in [0.1, 0.15) is 11.6 Å². The minimum absolute atomic E-state index is 0.134. The van der Waals surface area contributed by atoms with Crippen LogP contribution in [0.5, 0.6) is 5.75 Å². The summed E-state index contributed by atoms with van der Waals surface area (Å²) >= 11 is 0. The third-order valence-electron chi connectivity index (χ3n) is 2.72. The Morgan fingerprint density at radius 2 is 1.84 bits per heavy atom. The fourth-order valence-electron chi connectivity index (χ4n) is 1.75. The van der Waals surface area contributed by atoms with E-state index in [-0.39, 0.29) is 11.4 Å². The lowest BCUT2D eigenvalue weighted by atomic mass is 10.2. The summed E-state index contributed by atoms with van der Waals surface area (Å²) < 4.78 is 31.8. The molecule has 0 aliphatic carbocycles. The summed E-state index contributed by atoms with van der Waals surface area (Å²) in [5.74, 6) is -0.926. The van der Waals surface area contributed by atoms with Crippen molar-refractivity contribution < 1.29 is 13.5 Å². The first-order valence-corrected chi connectivity index (χ1v) is 5.67. The predicted octanol–water partition coefficient (Wildman–Crippen LogP) is 3.61. The number of aryl methyl sites for hydroxylation is 1. The van der Waals surface area contributed by atoms with E-state index >= 15 is 0 Å². The Kier molecular flexibility index (Phi) is 3.55.